The second kappa shape index (κ2) is 10.4. The van der Waals surface area contributed by atoms with Crippen LogP contribution in [0.5, 0.6) is 0 Å². The number of aromatic nitrogens is 1. The highest BCUT2D eigenvalue weighted by Crippen LogP contribution is 2.49. The molecular formula is C29H37N5O2. The van der Waals surface area contributed by atoms with E-state index >= 15 is 0 Å². The first-order chi connectivity index (χ1) is 17.5. The molecule has 0 saturated carbocycles. The molecule has 2 heterocycles. The standard InChI is InChI=1S/C29H37N5O2/c1-34(2)16-15-31-28(36)33-26(18-21-19-32-25-10-6-4-8-22(21)25)27(35)24-17-20-7-3-5-9-23(20)29(24)11-13-30-14-12-29/h3-10,19,24,26,30,32H,11-18H2,1-2H3,(H2,31,33,36)/t24?,26-/m1/s1. The first-order valence-corrected chi connectivity index (χ1v) is 13.0. The highest BCUT2D eigenvalue weighted by atomic mass is 16.2. The summed E-state index contributed by atoms with van der Waals surface area (Å²) in [4.78, 5) is 32.6. The molecule has 4 N–H and O–H groups in total. The molecule has 7 heteroatoms. The number of nitrogens with zero attached hydrogens (tertiary/aromatic N) is 1. The monoisotopic (exact) mass is 487 g/mol. The van der Waals surface area contributed by atoms with Crippen molar-refractivity contribution >= 4 is 22.7 Å². The molecule has 1 spiro atoms. The van der Waals surface area contributed by atoms with E-state index in [2.05, 4.69) is 51.3 Å². The third kappa shape index (κ3) is 4.77. The number of carbonyl (C=O) groups is 2. The molecule has 1 saturated heterocycles. The molecule has 190 valence electrons. The largest absolute Gasteiger partial charge is 0.361 e. The van der Waals surface area contributed by atoms with E-state index in [-0.39, 0.29) is 23.1 Å². The number of carbonyl (C=O) groups excluding carboxylic acids is 2. The first-order valence-electron chi connectivity index (χ1n) is 13.0. The number of amides is 2. The van der Waals surface area contributed by atoms with Gasteiger partial charge in [-0.1, -0.05) is 42.5 Å². The van der Waals surface area contributed by atoms with Crippen molar-refractivity contribution < 1.29 is 9.59 Å². The predicted molar refractivity (Wildman–Crippen MR) is 143 cm³/mol. The van der Waals surface area contributed by atoms with Crippen LogP contribution in [0.2, 0.25) is 0 Å². The van der Waals surface area contributed by atoms with Crippen molar-refractivity contribution in [3.63, 3.8) is 0 Å². The number of ketones is 1. The van der Waals surface area contributed by atoms with Crippen molar-refractivity contribution in [1.82, 2.24) is 25.8 Å². The number of hydrogen-bond donors (Lipinski definition) is 4. The molecule has 2 aromatic carbocycles. The minimum atomic E-state index is -0.602. The Kier molecular flexibility index (Phi) is 7.12. The molecule has 2 atom stereocenters. The van der Waals surface area contributed by atoms with Crippen molar-refractivity contribution in [1.29, 1.82) is 0 Å². The van der Waals surface area contributed by atoms with Gasteiger partial charge >= 0.3 is 6.03 Å². The Bertz CT molecular complexity index is 1230. The highest BCUT2D eigenvalue weighted by Gasteiger charge is 2.51. The Morgan fingerprint density at radius 1 is 1.08 bits per heavy atom. The number of urea groups is 1. The fourth-order valence-electron chi connectivity index (χ4n) is 6.24. The molecule has 2 aliphatic rings. The zero-order chi connectivity index (χ0) is 25.1. The number of hydrogen-bond acceptors (Lipinski definition) is 4. The summed E-state index contributed by atoms with van der Waals surface area (Å²) in [6, 6.07) is 15.8. The zero-order valence-electron chi connectivity index (χ0n) is 21.3. The number of fused-ring (bicyclic) bond motifs is 3. The summed E-state index contributed by atoms with van der Waals surface area (Å²) in [7, 11) is 3.94. The summed E-state index contributed by atoms with van der Waals surface area (Å²) >= 11 is 0. The van der Waals surface area contributed by atoms with Gasteiger partial charge in [0.2, 0.25) is 0 Å². The number of rotatable bonds is 8. The number of likely N-dealkylation sites (N-methyl/N-ethyl adjacent to an activating group) is 1. The van der Waals surface area contributed by atoms with Crippen molar-refractivity contribution in [3.05, 3.63) is 71.4 Å². The number of piperidine rings is 1. The summed E-state index contributed by atoms with van der Waals surface area (Å²) in [5.74, 6) is -0.00424. The lowest BCUT2D eigenvalue weighted by atomic mass is 9.66. The molecule has 5 rings (SSSR count). The maximum Gasteiger partial charge on any atom is 0.315 e. The molecule has 1 fully saturated rings. The van der Waals surface area contributed by atoms with Crippen LogP contribution in [-0.4, -0.2) is 68.0 Å². The van der Waals surface area contributed by atoms with Gasteiger partial charge in [0.15, 0.2) is 5.78 Å². The molecule has 1 aromatic heterocycles. The smallest absolute Gasteiger partial charge is 0.315 e. The molecule has 7 nitrogen and oxygen atoms in total. The van der Waals surface area contributed by atoms with Crippen LogP contribution in [0.1, 0.15) is 29.5 Å². The second-order valence-electron chi connectivity index (χ2n) is 10.5. The molecule has 36 heavy (non-hydrogen) atoms. The fraction of sp³-hybridized carbons (Fsp3) is 0.448. The van der Waals surface area contributed by atoms with E-state index in [1.54, 1.807) is 0 Å². The SMILES string of the molecule is CN(C)CCNC(=O)N[C@H](Cc1c[nH]c2ccccc12)C(=O)C1Cc2ccccc2C12CCNCC2. The lowest BCUT2D eigenvalue weighted by molar-refractivity contribution is -0.127. The Balaban J connectivity index is 1.44. The van der Waals surface area contributed by atoms with Crippen LogP contribution >= 0.6 is 0 Å². The van der Waals surface area contributed by atoms with Crippen LogP contribution in [0, 0.1) is 5.92 Å². The molecule has 0 bridgehead atoms. The number of para-hydroxylation sites is 1. The highest BCUT2D eigenvalue weighted by molar-refractivity contribution is 5.93. The van der Waals surface area contributed by atoms with Crippen LogP contribution in [-0.2, 0) is 23.1 Å². The van der Waals surface area contributed by atoms with Crippen molar-refractivity contribution in [2.75, 3.05) is 40.3 Å². The topological polar surface area (TPSA) is 89.3 Å². The van der Waals surface area contributed by atoms with E-state index < -0.39 is 6.04 Å². The van der Waals surface area contributed by atoms with E-state index in [4.69, 9.17) is 0 Å². The summed E-state index contributed by atoms with van der Waals surface area (Å²) in [5.41, 5.74) is 4.52. The van der Waals surface area contributed by atoms with E-state index in [0.717, 1.165) is 55.4 Å². The normalized spacial score (nSPS) is 19.4. The molecular weight excluding hydrogens is 450 g/mol. The van der Waals surface area contributed by atoms with Crippen LogP contribution in [0.15, 0.2) is 54.7 Å². The number of benzene rings is 2. The van der Waals surface area contributed by atoms with Crippen molar-refractivity contribution in [2.45, 2.75) is 37.1 Å². The number of nitrogens with one attached hydrogen (secondary N) is 4. The number of H-pyrrole nitrogens is 1. The van der Waals surface area contributed by atoms with E-state index in [0.29, 0.717) is 13.0 Å². The van der Waals surface area contributed by atoms with Gasteiger partial charge in [-0.05, 0) is 69.2 Å². The van der Waals surface area contributed by atoms with Gasteiger partial charge in [-0.3, -0.25) is 4.79 Å². The summed E-state index contributed by atoms with van der Waals surface area (Å²) in [6.45, 7) is 3.08. The zero-order valence-corrected chi connectivity index (χ0v) is 21.3. The lowest BCUT2D eigenvalue weighted by Gasteiger charge is -2.40. The number of aromatic amines is 1. The van der Waals surface area contributed by atoms with Gasteiger partial charge in [-0.2, -0.15) is 0 Å². The molecule has 2 amide bonds. The maximum absolute atomic E-state index is 14.4. The molecule has 0 radical (unpaired) electrons. The molecule has 3 aromatic rings. The third-order valence-corrected chi connectivity index (χ3v) is 8.08. The first kappa shape index (κ1) is 24.5. The van der Waals surface area contributed by atoms with Crippen LogP contribution in [0.4, 0.5) is 4.79 Å². The van der Waals surface area contributed by atoms with Gasteiger partial charge in [0.05, 0.1) is 6.04 Å². The maximum atomic E-state index is 14.4. The molecule has 1 unspecified atom stereocenters. The Hall–Kier alpha value is -3.16. The van der Waals surface area contributed by atoms with Crippen molar-refractivity contribution in [3.8, 4) is 0 Å². The van der Waals surface area contributed by atoms with Gasteiger partial charge in [0.25, 0.3) is 0 Å². The average molecular weight is 488 g/mol. The van der Waals surface area contributed by atoms with Gasteiger partial charge in [0, 0.05) is 47.9 Å². The second-order valence-corrected chi connectivity index (χ2v) is 10.5. The minimum Gasteiger partial charge on any atom is -0.361 e. The molecule has 1 aliphatic heterocycles. The molecule has 1 aliphatic carbocycles. The Morgan fingerprint density at radius 3 is 2.64 bits per heavy atom. The lowest BCUT2D eigenvalue weighted by Crippen LogP contribution is -2.54. The van der Waals surface area contributed by atoms with Crippen LogP contribution in [0.3, 0.4) is 0 Å². The van der Waals surface area contributed by atoms with Gasteiger partial charge in [-0.25, -0.2) is 4.79 Å². The quantitative estimate of drug-likeness (QED) is 0.393. The third-order valence-electron chi connectivity index (χ3n) is 8.08. The van der Waals surface area contributed by atoms with Gasteiger partial charge in [0.1, 0.15) is 0 Å². The number of Topliss-reactive ketones (excluding diaryl/α,β-unsaturated/α-hetero) is 1. The summed E-state index contributed by atoms with van der Waals surface area (Å²) < 4.78 is 0. The van der Waals surface area contributed by atoms with E-state index in [1.807, 2.05) is 43.4 Å². The predicted octanol–water partition coefficient (Wildman–Crippen LogP) is 3.00. The van der Waals surface area contributed by atoms with E-state index in [9.17, 15) is 9.59 Å². The van der Waals surface area contributed by atoms with Crippen molar-refractivity contribution in [2.24, 2.45) is 5.92 Å². The van der Waals surface area contributed by atoms with Crippen LogP contribution in [0.25, 0.3) is 10.9 Å². The average Bonchev–Trinajstić information content (AvgIpc) is 3.43. The fourth-order valence-corrected chi connectivity index (χ4v) is 6.24. The Labute approximate surface area is 213 Å². The van der Waals surface area contributed by atoms with Crippen LogP contribution < -0.4 is 16.0 Å². The van der Waals surface area contributed by atoms with E-state index in [1.165, 1.54) is 11.1 Å². The van der Waals surface area contributed by atoms with Gasteiger partial charge < -0.3 is 25.8 Å². The minimum absolute atomic E-state index is 0.140. The summed E-state index contributed by atoms with van der Waals surface area (Å²) in [6.07, 6.45) is 5.05. The summed E-state index contributed by atoms with van der Waals surface area (Å²) in [5, 5.41) is 10.6. The van der Waals surface area contributed by atoms with Gasteiger partial charge in [-0.15, -0.1) is 0 Å². The Morgan fingerprint density at radius 2 is 1.83 bits per heavy atom.